The first-order chi connectivity index (χ1) is 20.9. The Morgan fingerprint density at radius 3 is 2.45 bits per heavy atom. The monoisotopic (exact) mass is 679 g/mol. The number of anilines is 2. The van der Waals surface area contributed by atoms with Gasteiger partial charge in [-0.2, -0.15) is 13.2 Å². The molecule has 0 radical (unpaired) electrons. The van der Waals surface area contributed by atoms with Crippen LogP contribution in [0.1, 0.15) is 21.9 Å². The molecule has 44 heavy (non-hydrogen) atoms. The number of alkyl halides is 3. The number of para-hydroxylation sites is 2. The quantitative estimate of drug-likeness (QED) is 0.223. The summed E-state index contributed by atoms with van der Waals surface area (Å²) in [4.78, 5) is 56.0. The molecule has 3 unspecified atom stereocenters. The number of rotatable bonds is 6. The van der Waals surface area contributed by atoms with Gasteiger partial charge in [0.2, 0.25) is 11.8 Å². The lowest BCUT2D eigenvalue weighted by molar-refractivity contribution is -0.137. The van der Waals surface area contributed by atoms with E-state index >= 15 is 0 Å². The second kappa shape index (κ2) is 11.6. The number of H-pyrrole nitrogens is 1. The number of hydrogen-bond donors (Lipinski definition) is 2. The van der Waals surface area contributed by atoms with Crippen LogP contribution in [0.5, 0.6) is 5.75 Å². The summed E-state index contributed by atoms with van der Waals surface area (Å²) in [5.41, 5.74) is -0.927. The topological polar surface area (TPSA) is 109 Å². The number of aromatic amines is 1. The number of carbonyl (C=O) groups is 3. The highest BCUT2D eigenvalue weighted by atomic mass is 35.5. The number of ether oxygens (including phenoxy) is 1. The summed E-state index contributed by atoms with van der Waals surface area (Å²) in [6.45, 7) is -0.457. The van der Waals surface area contributed by atoms with Crippen molar-refractivity contribution in [1.82, 2.24) is 4.98 Å². The van der Waals surface area contributed by atoms with Crippen molar-refractivity contribution < 1.29 is 32.3 Å². The molecule has 8 nitrogen and oxygen atoms in total. The molecule has 0 bridgehead atoms. The standard InChI is InChI=1S/C29H18Cl2F3N3O5S2/c30-16-10-9-13(11-17(16)31)35-20(38)12-42-19-8-4-1-5-14(19)21-22-24(43-25-23(21)44-28(41)36-25)27(40)37(26(22)39)18-7-3-2-6-15(18)29(32,33)34/h1-11,21-22,24H,12H2,(H,35,38)(H,36,41). The van der Waals surface area contributed by atoms with Gasteiger partial charge in [-0.1, -0.05) is 76.6 Å². The van der Waals surface area contributed by atoms with E-state index in [1.807, 2.05) is 0 Å². The van der Waals surface area contributed by atoms with E-state index < -0.39 is 63.7 Å². The van der Waals surface area contributed by atoms with E-state index in [1.165, 1.54) is 24.3 Å². The van der Waals surface area contributed by atoms with Gasteiger partial charge in [0.25, 0.3) is 5.91 Å². The molecule has 1 saturated heterocycles. The number of amides is 3. The van der Waals surface area contributed by atoms with E-state index in [0.717, 1.165) is 35.2 Å². The molecule has 0 aliphatic carbocycles. The molecule has 0 saturated carbocycles. The van der Waals surface area contributed by atoms with Crippen LogP contribution in [0.25, 0.3) is 0 Å². The van der Waals surface area contributed by atoms with E-state index in [0.29, 0.717) is 31.1 Å². The summed E-state index contributed by atoms with van der Waals surface area (Å²) in [5.74, 6) is -4.12. The molecule has 4 aromatic rings. The number of halogens is 5. The zero-order valence-electron chi connectivity index (χ0n) is 22.0. The van der Waals surface area contributed by atoms with Gasteiger partial charge in [0.1, 0.15) is 11.0 Å². The number of carbonyl (C=O) groups excluding carboxylic acids is 3. The number of benzene rings is 3. The molecule has 2 aliphatic heterocycles. The molecular weight excluding hydrogens is 662 g/mol. The summed E-state index contributed by atoms with van der Waals surface area (Å²) in [7, 11) is 0. The summed E-state index contributed by atoms with van der Waals surface area (Å²) >= 11 is 13.7. The maximum absolute atomic E-state index is 14.0. The Balaban J connectivity index is 1.35. The molecule has 15 heteroatoms. The third-order valence-corrected chi connectivity index (χ3v) is 10.2. The van der Waals surface area contributed by atoms with Crippen molar-refractivity contribution in [2.75, 3.05) is 16.8 Å². The number of thiazole rings is 1. The smallest absolute Gasteiger partial charge is 0.418 e. The lowest BCUT2D eigenvalue weighted by Crippen LogP contribution is -2.33. The first-order valence-corrected chi connectivity index (χ1v) is 15.3. The maximum atomic E-state index is 14.0. The van der Waals surface area contributed by atoms with Crippen LogP contribution in [0.2, 0.25) is 10.0 Å². The molecule has 2 N–H and O–H groups in total. The SMILES string of the molecule is O=C(COc1ccccc1C1c2sc(=O)[nH]c2SC2C(=O)N(c3ccccc3C(F)(F)F)C(=O)C21)Nc1ccc(Cl)c(Cl)c1. The third kappa shape index (κ3) is 5.49. The number of nitrogens with zero attached hydrogens (tertiary/aromatic N) is 1. The summed E-state index contributed by atoms with van der Waals surface area (Å²) in [6, 6.07) is 15.4. The Labute approximate surface area is 265 Å². The fraction of sp³-hybridized carbons (Fsp3) is 0.172. The maximum Gasteiger partial charge on any atom is 0.418 e. The fourth-order valence-corrected chi connectivity index (χ4v) is 8.09. The van der Waals surface area contributed by atoms with Gasteiger partial charge in [0.05, 0.1) is 32.2 Å². The van der Waals surface area contributed by atoms with Crippen LogP contribution in [0.3, 0.4) is 0 Å². The predicted molar refractivity (Wildman–Crippen MR) is 161 cm³/mol. The minimum Gasteiger partial charge on any atom is -0.483 e. The summed E-state index contributed by atoms with van der Waals surface area (Å²) < 4.78 is 47.6. The van der Waals surface area contributed by atoms with E-state index in [-0.39, 0.29) is 10.8 Å². The first kappa shape index (κ1) is 30.3. The molecule has 226 valence electrons. The van der Waals surface area contributed by atoms with Gasteiger partial charge >= 0.3 is 11.0 Å². The molecule has 3 amide bonds. The van der Waals surface area contributed by atoms with Gasteiger partial charge in [-0.05, 0) is 36.4 Å². The Bertz CT molecular complexity index is 1880. The number of imide groups is 1. The van der Waals surface area contributed by atoms with Gasteiger partial charge in [0, 0.05) is 22.0 Å². The molecular formula is C29H18Cl2F3N3O5S2. The summed E-state index contributed by atoms with van der Waals surface area (Å²) in [5, 5.41) is 2.40. The predicted octanol–water partition coefficient (Wildman–Crippen LogP) is 6.58. The average Bonchev–Trinajstić information content (AvgIpc) is 3.47. The molecule has 3 heterocycles. The van der Waals surface area contributed by atoms with Crippen molar-refractivity contribution in [3.63, 3.8) is 0 Å². The minimum atomic E-state index is -4.82. The minimum absolute atomic E-state index is 0.189. The summed E-state index contributed by atoms with van der Waals surface area (Å²) in [6.07, 6.45) is -4.82. The fourth-order valence-electron chi connectivity index (χ4n) is 5.28. The second-order valence-electron chi connectivity index (χ2n) is 9.78. The highest BCUT2D eigenvalue weighted by Crippen LogP contribution is 2.55. The number of aromatic nitrogens is 1. The zero-order valence-corrected chi connectivity index (χ0v) is 25.1. The van der Waals surface area contributed by atoms with Crippen molar-refractivity contribution in [3.05, 3.63) is 102 Å². The van der Waals surface area contributed by atoms with Gasteiger partial charge in [0.15, 0.2) is 6.61 Å². The van der Waals surface area contributed by atoms with Gasteiger partial charge in [-0.15, -0.1) is 0 Å². The number of fused-ring (bicyclic) bond motifs is 2. The average molecular weight is 681 g/mol. The largest absolute Gasteiger partial charge is 0.483 e. The Hall–Kier alpha value is -3.78. The molecule has 0 spiro atoms. The van der Waals surface area contributed by atoms with E-state index in [1.54, 1.807) is 30.3 Å². The normalized spacial score (nSPS) is 19.5. The second-order valence-corrected chi connectivity index (χ2v) is 12.8. The molecule has 1 aromatic heterocycles. The van der Waals surface area contributed by atoms with E-state index in [2.05, 4.69) is 10.3 Å². The van der Waals surface area contributed by atoms with Crippen molar-refractivity contribution in [1.29, 1.82) is 0 Å². The number of hydrogen-bond acceptors (Lipinski definition) is 7. The van der Waals surface area contributed by atoms with Crippen molar-refractivity contribution in [3.8, 4) is 5.75 Å². The lowest BCUT2D eigenvalue weighted by atomic mass is 9.82. The van der Waals surface area contributed by atoms with Crippen LogP contribution in [0, 0.1) is 5.92 Å². The molecule has 6 rings (SSSR count). The lowest BCUT2D eigenvalue weighted by Gasteiger charge is -2.30. The van der Waals surface area contributed by atoms with Gasteiger partial charge in [-0.25, -0.2) is 4.90 Å². The van der Waals surface area contributed by atoms with Crippen LogP contribution < -0.4 is 19.8 Å². The van der Waals surface area contributed by atoms with Crippen molar-refractivity contribution >= 4 is 75.4 Å². The van der Waals surface area contributed by atoms with Gasteiger partial charge in [-0.3, -0.25) is 19.2 Å². The van der Waals surface area contributed by atoms with E-state index in [4.69, 9.17) is 27.9 Å². The third-order valence-electron chi connectivity index (χ3n) is 7.09. The molecule has 1 fully saturated rings. The van der Waals surface area contributed by atoms with Gasteiger partial charge < -0.3 is 15.0 Å². The number of nitrogens with one attached hydrogen (secondary N) is 2. The molecule has 3 atom stereocenters. The van der Waals surface area contributed by atoms with Crippen LogP contribution >= 0.6 is 46.3 Å². The Morgan fingerprint density at radius 2 is 1.70 bits per heavy atom. The van der Waals surface area contributed by atoms with Crippen LogP contribution in [-0.2, 0) is 20.6 Å². The molecule has 3 aromatic carbocycles. The van der Waals surface area contributed by atoms with Crippen LogP contribution in [0.4, 0.5) is 24.5 Å². The van der Waals surface area contributed by atoms with E-state index in [9.17, 15) is 32.3 Å². The Morgan fingerprint density at radius 1 is 0.977 bits per heavy atom. The Kier molecular flexibility index (Phi) is 7.99. The first-order valence-electron chi connectivity index (χ1n) is 12.8. The van der Waals surface area contributed by atoms with Crippen molar-refractivity contribution in [2.24, 2.45) is 5.92 Å². The zero-order chi connectivity index (χ0) is 31.3. The number of thioether (sulfide) groups is 1. The van der Waals surface area contributed by atoms with Crippen molar-refractivity contribution in [2.45, 2.75) is 22.4 Å². The highest BCUT2D eigenvalue weighted by molar-refractivity contribution is 8.00. The van der Waals surface area contributed by atoms with Crippen LogP contribution in [-0.4, -0.2) is 34.6 Å². The molecule has 2 aliphatic rings. The highest BCUT2D eigenvalue weighted by Gasteiger charge is 2.57. The van der Waals surface area contributed by atoms with Crippen LogP contribution in [0.15, 0.2) is 76.6 Å².